The molecule has 0 amide bonds. The van der Waals surface area contributed by atoms with Gasteiger partial charge in [0.1, 0.15) is 23.4 Å². The van der Waals surface area contributed by atoms with Crippen molar-refractivity contribution >= 4 is 23.9 Å². The van der Waals surface area contributed by atoms with Gasteiger partial charge in [0.2, 0.25) is 0 Å². The van der Waals surface area contributed by atoms with Gasteiger partial charge in [-0.2, -0.15) is 0 Å². The summed E-state index contributed by atoms with van der Waals surface area (Å²) in [7, 11) is 4.97. The summed E-state index contributed by atoms with van der Waals surface area (Å²) in [6.07, 6.45) is 7.51. The average molecular weight is 474 g/mol. The summed E-state index contributed by atoms with van der Waals surface area (Å²) in [5.74, 6) is -2.57. The van der Waals surface area contributed by atoms with Gasteiger partial charge in [-0.15, -0.1) is 0 Å². The summed E-state index contributed by atoms with van der Waals surface area (Å²) in [5.41, 5.74) is -1.60. The third-order valence-corrected chi connectivity index (χ3v) is 6.65. The van der Waals surface area contributed by atoms with Crippen molar-refractivity contribution in [1.29, 1.82) is 0 Å². The molecule has 4 aliphatic rings. The number of rotatable bonds is 9. The second-order valence-electron chi connectivity index (χ2n) is 8.32. The molecule has 0 N–H and O–H groups in total. The van der Waals surface area contributed by atoms with Crippen LogP contribution in [0.5, 0.6) is 0 Å². The lowest BCUT2D eigenvalue weighted by Crippen LogP contribution is -2.34. The van der Waals surface area contributed by atoms with Gasteiger partial charge in [-0.05, 0) is 37.8 Å². The Morgan fingerprint density at radius 3 is 1.35 bits per heavy atom. The normalized spacial score (nSPS) is 30.2. The molecule has 4 aliphatic heterocycles. The van der Waals surface area contributed by atoms with Crippen molar-refractivity contribution in [3.05, 3.63) is 46.6 Å². The highest BCUT2D eigenvalue weighted by Gasteiger charge is 2.56. The first kappa shape index (κ1) is 23.9. The van der Waals surface area contributed by atoms with Crippen molar-refractivity contribution < 1.29 is 47.6 Å². The highest BCUT2D eigenvalue weighted by atomic mass is 16.6. The molecule has 10 nitrogen and oxygen atoms in total. The highest BCUT2D eigenvalue weighted by Crippen LogP contribution is 2.49. The molecule has 4 heterocycles. The summed E-state index contributed by atoms with van der Waals surface area (Å²) in [4.78, 5) is 49.6. The fraction of sp³-hybridized carbons (Fsp3) is 0.500. The molecule has 4 atom stereocenters. The maximum absolute atomic E-state index is 12.5. The maximum atomic E-state index is 12.5. The topological polar surface area (TPSA) is 124 Å². The molecule has 4 rings (SSSR count). The van der Waals surface area contributed by atoms with E-state index < -0.39 is 47.3 Å². The molecule has 0 aromatic carbocycles. The Morgan fingerprint density at radius 2 is 1.03 bits per heavy atom. The number of unbranched alkanes of at least 4 members (excludes halogenated alkanes) is 1. The van der Waals surface area contributed by atoms with Crippen LogP contribution in [0.4, 0.5) is 0 Å². The number of fused-ring (bicyclic) bond motifs is 4. The van der Waals surface area contributed by atoms with E-state index in [-0.39, 0.29) is 22.3 Å². The van der Waals surface area contributed by atoms with Crippen LogP contribution in [0, 0.1) is 0 Å². The molecule has 0 aliphatic carbocycles. The Balaban J connectivity index is 1.51. The van der Waals surface area contributed by atoms with Crippen molar-refractivity contribution in [1.82, 2.24) is 0 Å². The summed E-state index contributed by atoms with van der Waals surface area (Å²) in [6, 6.07) is 0. The zero-order chi connectivity index (χ0) is 24.7. The smallest absolute Gasteiger partial charge is 0.337 e. The van der Waals surface area contributed by atoms with Gasteiger partial charge in [0.15, 0.2) is 0 Å². The van der Waals surface area contributed by atoms with E-state index in [0.29, 0.717) is 25.7 Å². The van der Waals surface area contributed by atoms with E-state index in [2.05, 4.69) is 0 Å². The number of hydrogen-bond donors (Lipinski definition) is 0. The van der Waals surface area contributed by atoms with Crippen LogP contribution in [-0.4, -0.2) is 75.7 Å². The Hall–Kier alpha value is -3.24. The van der Waals surface area contributed by atoms with Gasteiger partial charge in [-0.3, -0.25) is 0 Å². The Morgan fingerprint density at radius 1 is 0.676 bits per heavy atom. The minimum Gasteiger partial charge on any atom is -0.466 e. The first-order valence-corrected chi connectivity index (χ1v) is 10.8. The zero-order valence-corrected chi connectivity index (χ0v) is 19.4. The van der Waals surface area contributed by atoms with Crippen LogP contribution >= 0.6 is 0 Å². The number of carbonyl (C=O) groups is 4. The monoisotopic (exact) mass is 474 g/mol. The first-order valence-electron chi connectivity index (χ1n) is 10.8. The molecule has 0 saturated heterocycles. The molecular weight excluding hydrogens is 448 g/mol. The van der Waals surface area contributed by atoms with Gasteiger partial charge in [0.05, 0.1) is 50.7 Å². The molecule has 4 unspecified atom stereocenters. The number of ether oxygens (including phenoxy) is 6. The molecule has 34 heavy (non-hydrogen) atoms. The van der Waals surface area contributed by atoms with Crippen LogP contribution in [0.3, 0.4) is 0 Å². The summed E-state index contributed by atoms with van der Waals surface area (Å²) < 4.78 is 31.5. The molecular formula is C24H26O10. The molecule has 10 heteroatoms. The third kappa shape index (κ3) is 3.48. The van der Waals surface area contributed by atoms with Crippen molar-refractivity contribution in [2.75, 3.05) is 28.4 Å². The minimum atomic E-state index is -1.10. The van der Waals surface area contributed by atoms with E-state index in [4.69, 9.17) is 28.4 Å². The van der Waals surface area contributed by atoms with E-state index in [0.717, 1.165) is 0 Å². The maximum Gasteiger partial charge on any atom is 0.337 e. The largest absolute Gasteiger partial charge is 0.466 e. The highest BCUT2D eigenvalue weighted by molar-refractivity contribution is 6.05. The summed E-state index contributed by atoms with van der Waals surface area (Å²) in [6.45, 7) is 0. The van der Waals surface area contributed by atoms with Crippen molar-refractivity contribution in [2.45, 2.75) is 49.1 Å². The fourth-order valence-electron chi connectivity index (χ4n) is 5.17. The van der Waals surface area contributed by atoms with Gasteiger partial charge in [-0.1, -0.05) is 12.2 Å². The summed E-state index contributed by atoms with van der Waals surface area (Å²) >= 11 is 0. The van der Waals surface area contributed by atoms with E-state index in [1.165, 1.54) is 28.4 Å². The number of methoxy groups -OCH3 is 4. The van der Waals surface area contributed by atoms with Gasteiger partial charge in [-0.25, -0.2) is 19.2 Å². The van der Waals surface area contributed by atoms with Gasteiger partial charge in [0, 0.05) is 0 Å². The average Bonchev–Trinajstić information content (AvgIpc) is 3.61. The van der Waals surface area contributed by atoms with Crippen LogP contribution in [0.1, 0.15) is 25.7 Å². The molecule has 0 saturated carbocycles. The fourth-order valence-corrected chi connectivity index (χ4v) is 5.17. The van der Waals surface area contributed by atoms with E-state index in [1.807, 2.05) is 0 Å². The first-order chi connectivity index (χ1) is 16.3. The lowest BCUT2D eigenvalue weighted by Gasteiger charge is -2.28. The SMILES string of the molecule is COC(=O)C1=C(C(=O)OC)C2(CCCCC34C=CC(O3)C(C(=O)OC)=C4C(=O)OC)C=CC1O2. The zero-order valence-electron chi connectivity index (χ0n) is 19.4. The quantitative estimate of drug-likeness (QED) is 0.209. The van der Waals surface area contributed by atoms with E-state index in [1.54, 1.807) is 24.3 Å². The Bertz CT molecular complexity index is 980. The molecule has 0 aromatic rings. The summed E-state index contributed by atoms with van der Waals surface area (Å²) in [5, 5.41) is 0. The minimum absolute atomic E-state index is 0.147. The second kappa shape index (κ2) is 8.84. The Kier molecular flexibility index (Phi) is 6.22. The predicted molar refractivity (Wildman–Crippen MR) is 114 cm³/mol. The number of esters is 4. The Labute approximate surface area is 196 Å². The van der Waals surface area contributed by atoms with Crippen LogP contribution < -0.4 is 0 Å². The third-order valence-electron chi connectivity index (χ3n) is 6.65. The van der Waals surface area contributed by atoms with Gasteiger partial charge < -0.3 is 28.4 Å². The van der Waals surface area contributed by atoms with Gasteiger partial charge >= 0.3 is 23.9 Å². The van der Waals surface area contributed by atoms with Crippen LogP contribution in [0.25, 0.3) is 0 Å². The second-order valence-corrected chi connectivity index (χ2v) is 8.32. The van der Waals surface area contributed by atoms with Crippen molar-refractivity contribution in [3.63, 3.8) is 0 Å². The van der Waals surface area contributed by atoms with Crippen LogP contribution in [0.15, 0.2) is 46.6 Å². The van der Waals surface area contributed by atoms with E-state index in [9.17, 15) is 19.2 Å². The van der Waals surface area contributed by atoms with Crippen LogP contribution in [-0.2, 0) is 47.6 Å². The molecule has 4 bridgehead atoms. The number of carbonyl (C=O) groups excluding carboxylic acids is 4. The number of hydrogen-bond acceptors (Lipinski definition) is 10. The molecule has 0 aromatic heterocycles. The van der Waals surface area contributed by atoms with E-state index >= 15 is 0 Å². The predicted octanol–water partition coefficient (Wildman–Crippen LogP) is 1.25. The molecule has 0 spiro atoms. The van der Waals surface area contributed by atoms with Crippen molar-refractivity contribution in [3.8, 4) is 0 Å². The van der Waals surface area contributed by atoms with Gasteiger partial charge in [0.25, 0.3) is 0 Å². The molecule has 0 radical (unpaired) electrons. The lowest BCUT2D eigenvalue weighted by molar-refractivity contribution is -0.139. The molecule has 182 valence electrons. The van der Waals surface area contributed by atoms with Crippen LogP contribution in [0.2, 0.25) is 0 Å². The lowest BCUT2D eigenvalue weighted by atomic mass is 9.80. The van der Waals surface area contributed by atoms with Crippen molar-refractivity contribution in [2.24, 2.45) is 0 Å². The standard InChI is InChI=1S/C24H26O10/c1-29-19(25)15-13-7-11-23(33-13,17(15)21(27)31-3)9-5-6-10-24-12-8-14(34-24)16(20(26)30-2)18(24)22(28)32-4/h7-8,11-14H,5-6,9-10H2,1-4H3. The molecule has 0 fully saturated rings.